The van der Waals surface area contributed by atoms with Gasteiger partial charge in [0.25, 0.3) is 0 Å². The summed E-state index contributed by atoms with van der Waals surface area (Å²) in [4.78, 5) is 5.36. The Morgan fingerprint density at radius 3 is 2.86 bits per heavy atom. The predicted octanol–water partition coefficient (Wildman–Crippen LogP) is 3.62. The molecule has 0 atom stereocenters. The predicted molar refractivity (Wildman–Crippen MR) is 86.5 cm³/mol. The molecular weight excluding hydrogens is 300 g/mol. The summed E-state index contributed by atoms with van der Waals surface area (Å²) in [7, 11) is 0. The van der Waals surface area contributed by atoms with Crippen LogP contribution >= 0.6 is 23.3 Å². The van der Waals surface area contributed by atoms with Crippen LogP contribution in [0.2, 0.25) is 0 Å². The maximum atomic E-state index is 9.33. The third kappa shape index (κ3) is 4.53. The second kappa shape index (κ2) is 7.55. The molecule has 4 nitrogen and oxygen atoms in total. The van der Waals surface area contributed by atoms with Gasteiger partial charge in [0.15, 0.2) is 4.34 Å². The van der Waals surface area contributed by atoms with Gasteiger partial charge in [0.05, 0.1) is 5.56 Å². The Labute approximate surface area is 133 Å². The third-order valence-electron chi connectivity index (χ3n) is 2.84. The van der Waals surface area contributed by atoms with E-state index in [-0.39, 0.29) is 0 Å². The van der Waals surface area contributed by atoms with Gasteiger partial charge in [0.2, 0.25) is 0 Å². The fourth-order valence-corrected chi connectivity index (χ4v) is 3.42. The lowest BCUT2D eigenvalue weighted by Gasteiger charge is -2.09. The minimum absolute atomic E-state index is 0.429. The average Bonchev–Trinajstić information content (AvgIpc) is 2.93. The van der Waals surface area contributed by atoms with Gasteiger partial charge in [0, 0.05) is 23.9 Å². The summed E-state index contributed by atoms with van der Waals surface area (Å²) in [6.07, 6.45) is 0.835. The van der Waals surface area contributed by atoms with Gasteiger partial charge >= 0.3 is 0 Å². The molecule has 0 spiro atoms. The number of nitriles is 1. The van der Waals surface area contributed by atoms with E-state index in [9.17, 15) is 5.26 Å². The molecule has 0 aliphatic heterocycles. The highest BCUT2D eigenvalue weighted by Gasteiger charge is 2.09. The van der Waals surface area contributed by atoms with E-state index in [1.165, 1.54) is 23.3 Å². The maximum Gasteiger partial charge on any atom is 0.174 e. The lowest BCUT2D eigenvalue weighted by atomic mass is 10.1. The Hall–Kier alpha value is -1.42. The highest BCUT2D eigenvalue weighted by atomic mass is 32.2. The topological polar surface area (TPSA) is 61.6 Å². The van der Waals surface area contributed by atoms with E-state index in [4.69, 9.17) is 0 Å². The first kappa shape index (κ1) is 16.0. The molecule has 0 saturated carbocycles. The molecule has 0 bridgehead atoms. The van der Waals surface area contributed by atoms with Crippen molar-refractivity contribution in [3.63, 3.8) is 0 Å². The van der Waals surface area contributed by atoms with Gasteiger partial charge in [-0.25, -0.2) is 4.98 Å². The molecule has 2 aromatic rings. The number of benzene rings is 1. The van der Waals surface area contributed by atoms with Crippen LogP contribution in [-0.2, 0) is 13.0 Å². The summed E-state index contributed by atoms with van der Waals surface area (Å²) in [5, 5.41) is 12.7. The van der Waals surface area contributed by atoms with Crippen LogP contribution in [0.3, 0.4) is 0 Å². The van der Waals surface area contributed by atoms with Gasteiger partial charge in [-0.05, 0) is 29.2 Å². The lowest BCUT2D eigenvalue weighted by molar-refractivity contribution is 0.588. The third-order valence-corrected chi connectivity index (χ3v) is 4.71. The highest BCUT2D eigenvalue weighted by molar-refractivity contribution is 8.01. The van der Waals surface area contributed by atoms with Crippen LogP contribution in [0.1, 0.15) is 37.7 Å². The molecule has 1 aromatic heterocycles. The number of aromatic nitrogens is 2. The zero-order valence-electron chi connectivity index (χ0n) is 12.4. The number of hydrogen-bond donors (Lipinski definition) is 1. The molecule has 0 radical (unpaired) electrons. The van der Waals surface area contributed by atoms with E-state index in [2.05, 4.69) is 40.7 Å². The first-order chi connectivity index (χ1) is 10.1. The monoisotopic (exact) mass is 318 g/mol. The second-order valence-electron chi connectivity index (χ2n) is 4.91. The van der Waals surface area contributed by atoms with Gasteiger partial charge in [-0.2, -0.15) is 9.64 Å². The fraction of sp³-hybridized carbons (Fsp3) is 0.400. The van der Waals surface area contributed by atoms with E-state index in [0.29, 0.717) is 11.6 Å². The van der Waals surface area contributed by atoms with Gasteiger partial charge in [-0.3, -0.25) is 0 Å². The summed E-state index contributed by atoms with van der Waals surface area (Å²) in [5.41, 5.74) is 1.81. The van der Waals surface area contributed by atoms with Crippen LogP contribution in [0.25, 0.3) is 0 Å². The number of hydrogen-bond acceptors (Lipinski definition) is 6. The molecule has 110 valence electrons. The molecule has 6 heteroatoms. The van der Waals surface area contributed by atoms with Crippen LogP contribution < -0.4 is 5.32 Å². The van der Waals surface area contributed by atoms with Gasteiger partial charge in [-0.15, -0.1) is 0 Å². The Kier molecular flexibility index (Phi) is 5.74. The van der Waals surface area contributed by atoms with Crippen molar-refractivity contribution < 1.29 is 0 Å². The molecule has 21 heavy (non-hydrogen) atoms. The minimum Gasteiger partial charge on any atom is -0.310 e. The molecule has 0 aliphatic carbocycles. The summed E-state index contributed by atoms with van der Waals surface area (Å²) in [6.45, 7) is 7.02. The van der Waals surface area contributed by atoms with Crippen LogP contribution in [0.5, 0.6) is 0 Å². The van der Waals surface area contributed by atoms with Crippen LogP contribution in [-0.4, -0.2) is 15.4 Å². The number of nitrogens with one attached hydrogen (secondary N) is 1. The number of aryl methyl sites for hydroxylation is 1. The smallest absolute Gasteiger partial charge is 0.174 e. The van der Waals surface area contributed by atoms with E-state index in [1.807, 2.05) is 19.1 Å². The van der Waals surface area contributed by atoms with Gasteiger partial charge < -0.3 is 5.32 Å². The zero-order chi connectivity index (χ0) is 15.2. The minimum atomic E-state index is 0.429. The summed E-state index contributed by atoms with van der Waals surface area (Å²) >= 11 is 2.90. The summed E-state index contributed by atoms with van der Waals surface area (Å²) < 4.78 is 5.16. The van der Waals surface area contributed by atoms with Crippen molar-refractivity contribution in [2.45, 2.75) is 49.0 Å². The zero-order valence-corrected chi connectivity index (χ0v) is 14.0. The van der Waals surface area contributed by atoms with Crippen molar-refractivity contribution in [1.29, 1.82) is 5.26 Å². The average molecular weight is 318 g/mol. The molecule has 0 amide bonds. The van der Waals surface area contributed by atoms with Crippen LogP contribution in [0.4, 0.5) is 0 Å². The normalized spacial score (nSPS) is 10.8. The number of nitrogens with zero attached hydrogens (tertiary/aromatic N) is 3. The van der Waals surface area contributed by atoms with Crippen LogP contribution in [0, 0.1) is 11.3 Å². The fourth-order valence-electron chi connectivity index (χ4n) is 1.70. The molecule has 1 heterocycles. The molecule has 0 aliphatic rings. The Bertz CT molecular complexity index is 643. The van der Waals surface area contributed by atoms with Crippen molar-refractivity contribution in [1.82, 2.24) is 14.7 Å². The van der Waals surface area contributed by atoms with Crippen LogP contribution in [0.15, 0.2) is 27.4 Å². The molecule has 1 N–H and O–H groups in total. The molecule has 1 aromatic carbocycles. The SMILES string of the molecule is CCc1nsc(Sc2ccc(CNC(C)C)cc2C#N)n1. The van der Waals surface area contributed by atoms with Crippen molar-refractivity contribution in [3.05, 3.63) is 35.2 Å². The Morgan fingerprint density at radius 1 is 1.43 bits per heavy atom. The molecule has 0 unspecified atom stereocenters. The van der Waals surface area contributed by atoms with Crippen molar-refractivity contribution in [2.24, 2.45) is 0 Å². The summed E-state index contributed by atoms with van der Waals surface area (Å²) in [6, 6.07) is 8.70. The Balaban J connectivity index is 2.14. The molecular formula is C15H18N4S2. The van der Waals surface area contributed by atoms with Gasteiger partial charge in [0.1, 0.15) is 11.9 Å². The van der Waals surface area contributed by atoms with E-state index < -0.39 is 0 Å². The lowest BCUT2D eigenvalue weighted by Crippen LogP contribution is -2.21. The summed E-state index contributed by atoms with van der Waals surface area (Å²) in [5.74, 6) is 0.860. The standard InChI is InChI=1S/C15H18N4S2/c1-4-14-18-15(21-19-14)20-13-6-5-11(7-12(13)8-16)9-17-10(2)3/h5-7,10,17H,4,9H2,1-3H3. The second-order valence-corrected chi connectivity index (χ2v) is 6.95. The molecule has 0 fully saturated rings. The number of rotatable bonds is 6. The van der Waals surface area contributed by atoms with Crippen molar-refractivity contribution >= 4 is 23.3 Å². The van der Waals surface area contributed by atoms with E-state index in [1.54, 1.807) is 0 Å². The molecule has 2 rings (SSSR count). The Morgan fingerprint density at radius 2 is 2.24 bits per heavy atom. The first-order valence-electron chi connectivity index (χ1n) is 6.89. The van der Waals surface area contributed by atoms with Crippen molar-refractivity contribution in [2.75, 3.05) is 0 Å². The van der Waals surface area contributed by atoms with E-state index >= 15 is 0 Å². The highest BCUT2D eigenvalue weighted by Crippen LogP contribution is 2.32. The maximum absolute atomic E-state index is 9.33. The van der Waals surface area contributed by atoms with Gasteiger partial charge in [-0.1, -0.05) is 38.6 Å². The quantitative estimate of drug-likeness (QED) is 0.881. The van der Waals surface area contributed by atoms with E-state index in [0.717, 1.165) is 33.6 Å². The van der Waals surface area contributed by atoms with Crippen molar-refractivity contribution in [3.8, 4) is 6.07 Å². The largest absolute Gasteiger partial charge is 0.310 e. The molecule has 0 saturated heterocycles. The first-order valence-corrected chi connectivity index (χ1v) is 8.48.